The van der Waals surface area contributed by atoms with Crippen molar-refractivity contribution in [3.05, 3.63) is 53.1 Å². The number of aliphatic hydroxyl groups is 1. The Bertz CT molecular complexity index is 530. The lowest BCUT2D eigenvalue weighted by Crippen LogP contribution is -2.31. The summed E-state index contributed by atoms with van der Waals surface area (Å²) in [6.45, 7) is 1.37. The van der Waals surface area contributed by atoms with Crippen LogP contribution in [0.4, 0.5) is 0 Å². The van der Waals surface area contributed by atoms with E-state index in [1.165, 1.54) is 7.11 Å². The fourth-order valence-electron chi connectivity index (χ4n) is 2.01. The first-order chi connectivity index (χ1) is 9.13. The zero-order valence-corrected chi connectivity index (χ0v) is 10.9. The summed E-state index contributed by atoms with van der Waals surface area (Å²) in [6.07, 6.45) is 3.50. The Kier molecular flexibility index (Phi) is 3.83. The van der Waals surface area contributed by atoms with E-state index in [0.29, 0.717) is 5.57 Å². The number of aliphatic hydroxyl groups excluding tert-OH is 1. The van der Waals surface area contributed by atoms with Gasteiger partial charge in [-0.3, -0.25) is 0 Å². The van der Waals surface area contributed by atoms with Gasteiger partial charge in [-0.2, -0.15) is 0 Å². The summed E-state index contributed by atoms with van der Waals surface area (Å²) in [5.74, 6) is -1.76. The molecule has 0 aromatic heterocycles. The summed E-state index contributed by atoms with van der Waals surface area (Å²) in [5, 5.41) is 9.18. The van der Waals surface area contributed by atoms with Gasteiger partial charge in [-0.15, -0.1) is 0 Å². The van der Waals surface area contributed by atoms with Gasteiger partial charge in [-0.1, -0.05) is 36.4 Å². The molecule has 19 heavy (non-hydrogen) atoms. The van der Waals surface area contributed by atoms with Crippen LogP contribution in [0, 0.1) is 0 Å². The minimum Gasteiger partial charge on any atom is -0.422 e. The maximum Gasteiger partial charge on any atom is 0.339 e. The van der Waals surface area contributed by atoms with Crippen molar-refractivity contribution in [3.8, 4) is 0 Å². The van der Waals surface area contributed by atoms with Crippen molar-refractivity contribution < 1.29 is 19.4 Å². The Balaban J connectivity index is 2.33. The van der Waals surface area contributed by atoms with Crippen LogP contribution in [-0.2, 0) is 14.3 Å². The van der Waals surface area contributed by atoms with E-state index in [1.54, 1.807) is 13.0 Å². The Morgan fingerprint density at radius 3 is 2.58 bits per heavy atom. The highest BCUT2D eigenvalue weighted by Gasteiger charge is 2.43. The summed E-state index contributed by atoms with van der Waals surface area (Å²) in [5.41, 5.74) is 1.80. The molecule has 1 aromatic carbocycles. The maximum absolute atomic E-state index is 11.6. The SMILES string of the molecule is CO[C@@]1(C=Cc2ccccc2)OC(=O)C(CO)=C1C. The number of benzene rings is 1. The Hall–Kier alpha value is -1.91. The number of hydrogen-bond acceptors (Lipinski definition) is 4. The van der Waals surface area contributed by atoms with Crippen LogP contribution in [0.2, 0.25) is 0 Å². The Labute approximate surface area is 112 Å². The summed E-state index contributed by atoms with van der Waals surface area (Å²) < 4.78 is 10.6. The molecule has 0 radical (unpaired) electrons. The minimum atomic E-state index is -1.22. The first kappa shape index (κ1) is 13.5. The van der Waals surface area contributed by atoms with Crippen molar-refractivity contribution in [2.24, 2.45) is 0 Å². The Morgan fingerprint density at radius 2 is 2.05 bits per heavy atom. The molecule has 0 spiro atoms. The number of ether oxygens (including phenoxy) is 2. The predicted octanol–water partition coefficient (Wildman–Crippen LogP) is 1.91. The molecule has 100 valence electrons. The molecule has 0 unspecified atom stereocenters. The van der Waals surface area contributed by atoms with Gasteiger partial charge in [0.1, 0.15) is 0 Å². The van der Waals surface area contributed by atoms with E-state index in [2.05, 4.69) is 0 Å². The number of methoxy groups -OCH3 is 1. The Morgan fingerprint density at radius 1 is 1.37 bits per heavy atom. The highest BCUT2D eigenvalue weighted by molar-refractivity contribution is 5.93. The van der Waals surface area contributed by atoms with Gasteiger partial charge in [0.05, 0.1) is 12.2 Å². The standard InChI is InChI=1S/C15H16O4/c1-11-13(10-16)14(17)19-15(11,18-2)9-8-12-6-4-3-5-7-12/h3-9,16H,10H2,1-2H3/t15-/m0/s1. The van der Waals surface area contributed by atoms with Crippen LogP contribution < -0.4 is 0 Å². The second-order valence-corrected chi connectivity index (χ2v) is 4.27. The topological polar surface area (TPSA) is 55.8 Å². The summed E-state index contributed by atoms with van der Waals surface area (Å²) in [4.78, 5) is 11.6. The van der Waals surface area contributed by atoms with E-state index >= 15 is 0 Å². The zero-order valence-electron chi connectivity index (χ0n) is 10.9. The van der Waals surface area contributed by atoms with E-state index in [0.717, 1.165) is 5.56 Å². The fraction of sp³-hybridized carbons (Fsp3) is 0.267. The summed E-state index contributed by atoms with van der Waals surface area (Å²) >= 11 is 0. The van der Waals surface area contributed by atoms with Gasteiger partial charge < -0.3 is 14.6 Å². The summed E-state index contributed by atoms with van der Waals surface area (Å²) in [6, 6.07) is 9.63. The third kappa shape index (κ3) is 2.45. The zero-order chi connectivity index (χ0) is 13.9. The van der Waals surface area contributed by atoms with E-state index < -0.39 is 11.8 Å². The van der Waals surface area contributed by atoms with Crippen LogP contribution in [0.25, 0.3) is 6.08 Å². The van der Waals surface area contributed by atoms with Crippen LogP contribution in [0.5, 0.6) is 0 Å². The number of esters is 1. The third-order valence-electron chi connectivity index (χ3n) is 3.22. The van der Waals surface area contributed by atoms with Gasteiger partial charge >= 0.3 is 5.97 Å². The van der Waals surface area contributed by atoms with Gasteiger partial charge in [0.25, 0.3) is 5.79 Å². The lowest BCUT2D eigenvalue weighted by Gasteiger charge is -2.24. The second kappa shape index (κ2) is 5.38. The molecule has 0 amide bonds. The van der Waals surface area contributed by atoms with Crippen molar-refractivity contribution in [2.75, 3.05) is 13.7 Å². The van der Waals surface area contributed by atoms with Crippen molar-refractivity contribution >= 4 is 12.0 Å². The molecular weight excluding hydrogens is 244 g/mol. The molecule has 4 heteroatoms. The van der Waals surface area contributed by atoms with Crippen LogP contribution in [-0.4, -0.2) is 30.6 Å². The van der Waals surface area contributed by atoms with Crippen LogP contribution in [0.1, 0.15) is 12.5 Å². The second-order valence-electron chi connectivity index (χ2n) is 4.27. The number of hydrogen-bond donors (Lipinski definition) is 1. The molecule has 0 bridgehead atoms. The first-order valence-electron chi connectivity index (χ1n) is 5.97. The molecule has 2 rings (SSSR count). The molecule has 0 saturated carbocycles. The van der Waals surface area contributed by atoms with Crippen molar-refractivity contribution in [2.45, 2.75) is 12.7 Å². The lowest BCUT2D eigenvalue weighted by molar-refractivity contribution is -0.175. The molecule has 1 heterocycles. The van der Waals surface area contributed by atoms with Crippen LogP contribution in [0.3, 0.4) is 0 Å². The number of carbonyl (C=O) groups is 1. The number of rotatable bonds is 4. The summed E-state index contributed by atoms with van der Waals surface area (Å²) in [7, 11) is 1.46. The number of carbonyl (C=O) groups excluding carboxylic acids is 1. The quantitative estimate of drug-likeness (QED) is 0.840. The third-order valence-corrected chi connectivity index (χ3v) is 3.22. The first-order valence-corrected chi connectivity index (χ1v) is 5.97. The van der Waals surface area contributed by atoms with Crippen LogP contribution in [0.15, 0.2) is 47.6 Å². The fourth-order valence-corrected chi connectivity index (χ4v) is 2.01. The van der Waals surface area contributed by atoms with Crippen molar-refractivity contribution in [1.29, 1.82) is 0 Å². The molecular formula is C15H16O4. The molecule has 1 aromatic rings. The average molecular weight is 260 g/mol. The monoisotopic (exact) mass is 260 g/mol. The lowest BCUT2D eigenvalue weighted by atomic mass is 10.0. The average Bonchev–Trinajstić information content (AvgIpc) is 2.69. The molecule has 1 atom stereocenters. The maximum atomic E-state index is 11.6. The predicted molar refractivity (Wildman–Crippen MR) is 71.1 cm³/mol. The van der Waals surface area contributed by atoms with Crippen LogP contribution >= 0.6 is 0 Å². The normalized spacial score (nSPS) is 23.2. The van der Waals surface area contributed by atoms with E-state index in [9.17, 15) is 9.90 Å². The highest BCUT2D eigenvalue weighted by atomic mass is 16.7. The van der Waals surface area contributed by atoms with Crippen molar-refractivity contribution in [3.63, 3.8) is 0 Å². The van der Waals surface area contributed by atoms with Gasteiger partial charge in [0, 0.05) is 12.7 Å². The van der Waals surface area contributed by atoms with Gasteiger partial charge in [0.2, 0.25) is 0 Å². The van der Waals surface area contributed by atoms with Crippen molar-refractivity contribution in [1.82, 2.24) is 0 Å². The van der Waals surface area contributed by atoms with Gasteiger partial charge in [-0.25, -0.2) is 4.79 Å². The largest absolute Gasteiger partial charge is 0.422 e. The minimum absolute atomic E-state index is 0.250. The number of cyclic esters (lactones) is 1. The van der Waals surface area contributed by atoms with Gasteiger partial charge in [0.15, 0.2) is 0 Å². The highest BCUT2D eigenvalue weighted by Crippen LogP contribution is 2.34. The molecule has 1 aliphatic rings. The molecule has 0 saturated heterocycles. The van der Waals surface area contributed by atoms with E-state index in [-0.39, 0.29) is 12.2 Å². The molecule has 0 fully saturated rings. The van der Waals surface area contributed by atoms with E-state index in [1.807, 2.05) is 36.4 Å². The smallest absolute Gasteiger partial charge is 0.339 e. The molecule has 4 nitrogen and oxygen atoms in total. The molecule has 0 aliphatic carbocycles. The van der Waals surface area contributed by atoms with Gasteiger partial charge in [-0.05, 0) is 18.6 Å². The molecule has 1 N–H and O–H groups in total. The van der Waals surface area contributed by atoms with E-state index in [4.69, 9.17) is 9.47 Å². The molecule has 1 aliphatic heterocycles.